The molecule has 0 unspecified atom stereocenters. The average Bonchev–Trinajstić information content (AvgIpc) is 3.33. The van der Waals surface area contributed by atoms with Gasteiger partial charge in [-0.05, 0) is 12.1 Å². The first kappa shape index (κ1) is 16.0. The molecule has 0 spiro atoms. The molecule has 0 aliphatic rings. The van der Waals surface area contributed by atoms with Crippen LogP contribution in [0, 0.1) is 0 Å². The Morgan fingerprint density at radius 1 is 0.962 bits per heavy atom. The molecular weight excluding hydrogens is 342 g/mol. The first-order valence-electron chi connectivity index (χ1n) is 7.71. The molecule has 0 fully saturated rings. The Hall–Kier alpha value is -3.49. The van der Waals surface area contributed by atoms with Crippen molar-refractivity contribution in [3.8, 4) is 22.7 Å². The summed E-state index contributed by atoms with van der Waals surface area (Å²) in [6, 6.07) is 13.1. The van der Waals surface area contributed by atoms with Crippen molar-refractivity contribution in [2.45, 2.75) is 13.0 Å². The molecule has 0 radical (unpaired) electrons. The summed E-state index contributed by atoms with van der Waals surface area (Å²) < 4.78 is 31.6. The first-order chi connectivity index (χ1) is 12.7. The quantitative estimate of drug-likeness (QED) is 0.546. The van der Waals surface area contributed by atoms with Crippen LogP contribution in [-0.4, -0.2) is 30.2 Å². The van der Waals surface area contributed by atoms with Crippen LogP contribution in [0.3, 0.4) is 0 Å². The number of pyridine rings is 1. The number of rotatable bonds is 5. The van der Waals surface area contributed by atoms with Crippen molar-refractivity contribution < 1.29 is 13.2 Å². The molecule has 0 aliphatic heterocycles. The van der Waals surface area contributed by atoms with Gasteiger partial charge in [-0.3, -0.25) is 4.98 Å². The fourth-order valence-electron chi connectivity index (χ4n) is 2.37. The van der Waals surface area contributed by atoms with Gasteiger partial charge in [-0.1, -0.05) is 35.5 Å². The van der Waals surface area contributed by atoms with Crippen LogP contribution in [0.25, 0.3) is 22.7 Å². The molecule has 7 nitrogen and oxygen atoms in total. The van der Waals surface area contributed by atoms with E-state index in [2.05, 4.69) is 25.5 Å². The highest BCUT2D eigenvalue weighted by molar-refractivity contribution is 5.57. The van der Waals surface area contributed by atoms with Gasteiger partial charge in [0.05, 0.1) is 24.0 Å². The standard InChI is InChI=1S/C17H12F2N6O/c18-15(19)17-23-22-16(26-17)12-6-7-13(20-8-12)9-25-10-14(21-24-25)11-4-2-1-3-5-11/h1-8,10,15H,9H2. The number of hydrogen-bond donors (Lipinski definition) is 0. The van der Waals surface area contributed by atoms with E-state index in [9.17, 15) is 8.78 Å². The number of nitrogens with zero attached hydrogens (tertiary/aromatic N) is 6. The Balaban J connectivity index is 1.48. The highest BCUT2D eigenvalue weighted by Gasteiger charge is 2.17. The van der Waals surface area contributed by atoms with Crippen LogP contribution in [0.1, 0.15) is 18.0 Å². The molecule has 26 heavy (non-hydrogen) atoms. The average molecular weight is 354 g/mol. The van der Waals surface area contributed by atoms with Crippen molar-refractivity contribution >= 4 is 0 Å². The molecule has 0 saturated heterocycles. The predicted octanol–water partition coefficient (Wildman–Crippen LogP) is 3.38. The van der Waals surface area contributed by atoms with E-state index in [1.807, 2.05) is 36.5 Å². The zero-order valence-corrected chi connectivity index (χ0v) is 13.3. The van der Waals surface area contributed by atoms with Gasteiger partial charge in [-0.2, -0.15) is 8.78 Å². The molecule has 9 heteroatoms. The molecule has 3 heterocycles. The van der Waals surface area contributed by atoms with E-state index in [0.29, 0.717) is 12.1 Å². The van der Waals surface area contributed by atoms with E-state index in [1.165, 1.54) is 6.20 Å². The summed E-state index contributed by atoms with van der Waals surface area (Å²) in [7, 11) is 0. The number of alkyl halides is 2. The lowest BCUT2D eigenvalue weighted by atomic mass is 10.2. The largest absolute Gasteiger partial charge is 0.415 e. The van der Waals surface area contributed by atoms with Gasteiger partial charge < -0.3 is 4.42 Å². The van der Waals surface area contributed by atoms with Crippen LogP contribution in [0.2, 0.25) is 0 Å². The maximum Gasteiger partial charge on any atom is 0.314 e. The highest BCUT2D eigenvalue weighted by atomic mass is 19.3. The minimum Gasteiger partial charge on any atom is -0.415 e. The van der Waals surface area contributed by atoms with Crippen molar-refractivity contribution in [2.24, 2.45) is 0 Å². The minimum atomic E-state index is -2.80. The van der Waals surface area contributed by atoms with Crippen molar-refractivity contribution in [1.82, 2.24) is 30.2 Å². The second-order valence-electron chi connectivity index (χ2n) is 5.45. The maximum atomic E-state index is 12.5. The summed E-state index contributed by atoms with van der Waals surface area (Å²) in [6.07, 6.45) is 0.528. The minimum absolute atomic E-state index is 0.00599. The molecule has 0 saturated carbocycles. The van der Waals surface area contributed by atoms with Gasteiger partial charge in [-0.15, -0.1) is 15.3 Å². The van der Waals surface area contributed by atoms with Crippen LogP contribution in [0.15, 0.2) is 59.3 Å². The Kier molecular flexibility index (Phi) is 4.18. The monoisotopic (exact) mass is 354 g/mol. The van der Waals surface area contributed by atoms with Gasteiger partial charge in [0.2, 0.25) is 5.89 Å². The predicted molar refractivity (Wildman–Crippen MR) is 87.0 cm³/mol. The van der Waals surface area contributed by atoms with Crippen molar-refractivity contribution in [2.75, 3.05) is 0 Å². The van der Waals surface area contributed by atoms with Gasteiger partial charge >= 0.3 is 6.43 Å². The molecule has 0 atom stereocenters. The number of aromatic nitrogens is 6. The summed E-state index contributed by atoms with van der Waals surface area (Å²) in [4.78, 5) is 4.28. The number of halogens is 2. The first-order valence-corrected chi connectivity index (χ1v) is 7.71. The fourth-order valence-corrected chi connectivity index (χ4v) is 2.37. The highest BCUT2D eigenvalue weighted by Crippen LogP contribution is 2.23. The Morgan fingerprint density at radius 3 is 2.50 bits per heavy atom. The lowest BCUT2D eigenvalue weighted by molar-refractivity contribution is 0.116. The van der Waals surface area contributed by atoms with Crippen LogP contribution in [-0.2, 0) is 6.54 Å². The summed E-state index contributed by atoms with van der Waals surface area (Å²) >= 11 is 0. The number of benzene rings is 1. The van der Waals surface area contributed by atoms with Crippen LogP contribution < -0.4 is 0 Å². The fraction of sp³-hybridized carbons (Fsp3) is 0.118. The molecule has 0 aliphatic carbocycles. The third kappa shape index (κ3) is 3.32. The molecule has 130 valence electrons. The topological polar surface area (TPSA) is 82.5 Å². The Morgan fingerprint density at radius 2 is 1.81 bits per heavy atom. The lowest BCUT2D eigenvalue weighted by Crippen LogP contribution is -2.02. The van der Waals surface area contributed by atoms with E-state index in [4.69, 9.17) is 4.42 Å². The van der Waals surface area contributed by atoms with Gasteiger partial charge in [0, 0.05) is 11.8 Å². The van der Waals surface area contributed by atoms with Gasteiger partial charge in [0.1, 0.15) is 5.69 Å². The smallest absolute Gasteiger partial charge is 0.314 e. The molecule has 0 N–H and O–H groups in total. The Labute approximate surface area is 146 Å². The van der Waals surface area contributed by atoms with E-state index in [0.717, 1.165) is 17.0 Å². The summed E-state index contributed by atoms with van der Waals surface area (Å²) in [6.45, 7) is 0.423. The van der Waals surface area contributed by atoms with Crippen molar-refractivity contribution in [3.05, 3.63) is 66.4 Å². The SMILES string of the molecule is FC(F)c1nnc(-c2ccc(Cn3cc(-c4ccccc4)nn3)nc2)o1. The van der Waals surface area contributed by atoms with Crippen LogP contribution in [0.5, 0.6) is 0 Å². The molecule has 3 aromatic heterocycles. The third-order valence-corrected chi connectivity index (χ3v) is 3.63. The molecule has 0 amide bonds. The zero-order chi connectivity index (χ0) is 17.9. The van der Waals surface area contributed by atoms with E-state index < -0.39 is 12.3 Å². The third-order valence-electron chi connectivity index (χ3n) is 3.63. The second-order valence-corrected chi connectivity index (χ2v) is 5.45. The summed E-state index contributed by atoms with van der Waals surface area (Å²) in [5.41, 5.74) is 2.95. The summed E-state index contributed by atoms with van der Waals surface area (Å²) in [5, 5.41) is 15.1. The van der Waals surface area contributed by atoms with E-state index in [-0.39, 0.29) is 5.89 Å². The van der Waals surface area contributed by atoms with Gasteiger partial charge in [-0.25, -0.2) is 4.68 Å². The molecule has 4 aromatic rings. The Bertz CT molecular complexity index is 998. The van der Waals surface area contributed by atoms with Gasteiger partial charge in [0.15, 0.2) is 0 Å². The number of hydrogen-bond acceptors (Lipinski definition) is 6. The molecule has 4 rings (SSSR count). The van der Waals surface area contributed by atoms with Gasteiger partial charge in [0.25, 0.3) is 5.89 Å². The van der Waals surface area contributed by atoms with Crippen molar-refractivity contribution in [1.29, 1.82) is 0 Å². The van der Waals surface area contributed by atoms with Crippen molar-refractivity contribution in [3.63, 3.8) is 0 Å². The molecule has 1 aromatic carbocycles. The zero-order valence-electron chi connectivity index (χ0n) is 13.3. The molecule has 0 bridgehead atoms. The lowest BCUT2D eigenvalue weighted by Gasteiger charge is -2.01. The van der Waals surface area contributed by atoms with Crippen LogP contribution in [0.4, 0.5) is 8.78 Å². The normalized spacial score (nSPS) is 11.2. The van der Waals surface area contributed by atoms with Crippen LogP contribution >= 0.6 is 0 Å². The van der Waals surface area contributed by atoms with E-state index >= 15 is 0 Å². The maximum absolute atomic E-state index is 12.5. The molecular formula is C17H12F2N6O. The summed E-state index contributed by atoms with van der Waals surface area (Å²) in [5.74, 6) is -0.702. The van der Waals surface area contributed by atoms with E-state index in [1.54, 1.807) is 16.8 Å². The second kappa shape index (κ2) is 6.79.